The van der Waals surface area contributed by atoms with E-state index in [0.29, 0.717) is 58.0 Å². The third kappa shape index (κ3) is 30.9. The van der Waals surface area contributed by atoms with Crippen LogP contribution in [0.15, 0.2) is 17.3 Å². The lowest BCUT2D eigenvalue weighted by Crippen LogP contribution is -2.65. The number of carbonyl (C=O) groups excluding carboxylic acids is 3. The number of nitrogens with zero attached hydrogens (tertiary/aromatic N) is 3. The fourth-order valence-electron chi connectivity index (χ4n) is 6.75. The summed E-state index contributed by atoms with van der Waals surface area (Å²) in [7, 11) is -16.7. The average molecular weight is 1010 g/mol. The van der Waals surface area contributed by atoms with Crippen molar-refractivity contribution < 1.29 is 95.4 Å². The van der Waals surface area contributed by atoms with Crippen LogP contribution in [-0.2, 0) is 55.6 Å². The van der Waals surface area contributed by atoms with Crippen molar-refractivity contribution in [2.75, 3.05) is 26.3 Å². The molecular weight excluding hydrogens is 937 g/mol. The maximum Gasteiger partial charge on any atom is 0.472 e. The number of esters is 2. The molecular formula is C39H73N4O20P3. The number of phosphoric acid groups is 3. The molecule has 24 nitrogen and oxygen atoms in total. The Balaban J connectivity index is 2.77. The van der Waals surface area contributed by atoms with Gasteiger partial charge in [0, 0.05) is 37.3 Å². The number of aliphatic hydroxyl groups excluding tert-OH is 3. The molecule has 1 aliphatic rings. The first kappa shape index (κ1) is 61.7. The third-order valence-corrected chi connectivity index (χ3v) is 12.2. The second-order valence-electron chi connectivity index (χ2n) is 16.0. The Hall–Kier alpha value is -2.33. The van der Waals surface area contributed by atoms with E-state index in [0.717, 1.165) is 44.9 Å². The van der Waals surface area contributed by atoms with Gasteiger partial charge in [-0.15, -0.1) is 0 Å². The van der Waals surface area contributed by atoms with Crippen molar-refractivity contribution in [2.24, 2.45) is 5.11 Å². The number of ether oxygens (including phenoxy) is 2. The SMILES string of the molecule is CCCCCCCC/C=C\CCCCCCCC(=O)OC[C@H](COP(=O)(O)O[C@@H]1[C@H](O)[C@H](O)[C@@H](OP(=O)(O)O)[C@H](OP(=O)(O)O)[C@H]1O)OC(=O)CCCCCNC(=O)CCCCCN=[N+]=[N-]. The van der Waals surface area contributed by atoms with Crippen molar-refractivity contribution in [1.29, 1.82) is 0 Å². The maximum atomic E-state index is 13.1. The average Bonchev–Trinajstić information content (AvgIpc) is 3.24. The molecule has 1 rings (SSSR count). The van der Waals surface area contributed by atoms with Crippen molar-refractivity contribution in [1.82, 2.24) is 5.32 Å². The highest BCUT2D eigenvalue weighted by atomic mass is 31.2. The summed E-state index contributed by atoms with van der Waals surface area (Å²) in [6.45, 7) is 1.30. The molecule has 0 aromatic heterocycles. The van der Waals surface area contributed by atoms with Gasteiger partial charge < -0.3 is 54.6 Å². The summed E-state index contributed by atoms with van der Waals surface area (Å²) >= 11 is 0. The van der Waals surface area contributed by atoms with Crippen LogP contribution in [-0.4, -0.2) is 127 Å². The van der Waals surface area contributed by atoms with Crippen LogP contribution in [0, 0.1) is 0 Å². The van der Waals surface area contributed by atoms with E-state index in [9.17, 15) is 67.9 Å². The van der Waals surface area contributed by atoms with E-state index in [1.54, 1.807) is 0 Å². The fraction of sp³-hybridized carbons (Fsp3) is 0.872. The van der Waals surface area contributed by atoms with Crippen molar-refractivity contribution in [3.63, 3.8) is 0 Å². The Bertz CT molecular complexity index is 1610. The van der Waals surface area contributed by atoms with Crippen LogP contribution in [0.3, 0.4) is 0 Å². The predicted molar refractivity (Wildman–Crippen MR) is 237 cm³/mol. The Labute approximate surface area is 386 Å². The molecule has 8 atom stereocenters. The van der Waals surface area contributed by atoms with Gasteiger partial charge in [0.1, 0.15) is 43.2 Å². The van der Waals surface area contributed by atoms with Gasteiger partial charge in [-0.25, -0.2) is 13.7 Å². The molecule has 0 radical (unpaired) electrons. The molecule has 1 aliphatic carbocycles. The number of phosphoric ester groups is 3. The molecule has 9 N–H and O–H groups in total. The van der Waals surface area contributed by atoms with Crippen LogP contribution in [0.5, 0.6) is 0 Å². The number of hydrogen-bond donors (Lipinski definition) is 9. The maximum absolute atomic E-state index is 13.1. The summed E-state index contributed by atoms with van der Waals surface area (Å²) in [5, 5.41) is 38.0. The third-order valence-electron chi connectivity index (χ3n) is 10.2. The Morgan fingerprint density at radius 1 is 0.636 bits per heavy atom. The first-order chi connectivity index (χ1) is 31.2. The van der Waals surface area contributed by atoms with Gasteiger partial charge in [0.2, 0.25) is 5.91 Å². The summed E-state index contributed by atoms with van der Waals surface area (Å²) < 4.78 is 65.1. The minimum absolute atomic E-state index is 0.0274. The largest absolute Gasteiger partial charge is 0.472 e. The number of rotatable bonds is 39. The van der Waals surface area contributed by atoms with E-state index in [4.69, 9.17) is 24.1 Å². The second kappa shape index (κ2) is 34.9. The van der Waals surface area contributed by atoms with E-state index in [1.807, 2.05) is 0 Å². The van der Waals surface area contributed by atoms with Crippen LogP contribution in [0.1, 0.15) is 148 Å². The Morgan fingerprint density at radius 3 is 1.73 bits per heavy atom. The molecule has 0 bridgehead atoms. The molecule has 0 heterocycles. The number of amides is 1. The minimum Gasteiger partial charge on any atom is -0.462 e. The quantitative estimate of drug-likeness (QED) is 0.00690. The van der Waals surface area contributed by atoms with E-state index < -0.39 is 91.3 Å². The number of unbranched alkanes of at least 4 members (excludes halogenated alkanes) is 15. The topological polar surface area (TPSA) is 380 Å². The van der Waals surface area contributed by atoms with Gasteiger partial charge in [-0.3, -0.25) is 32.5 Å². The summed E-state index contributed by atoms with van der Waals surface area (Å²) in [5.41, 5.74) is 8.30. The molecule has 1 unspecified atom stereocenters. The number of allylic oxidation sites excluding steroid dienone is 2. The molecule has 66 heavy (non-hydrogen) atoms. The number of azide groups is 1. The molecule has 1 saturated carbocycles. The lowest BCUT2D eigenvalue weighted by Gasteiger charge is -2.44. The summed E-state index contributed by atoms with van der Waals surface area (Å²) in [6, 6.07) is 0. The van der Waals surface area contributed by atoms with Crippen LogP contribution in [0.25, 0.3) is 10.4 Å². The zero-order valence-electron chi connectivity index (χ0n) is 37.7. The first-order valence-electron chi connectivity index (χ1n) is 22.6. The smallest absolute Gasteiger partial charge is 0.462 e. The van der Waals surface area contributed by atoms with Crippen molar-refractivity contribution in [2.45, 2.75) is 191 Å². The number of hydrogen-bond acceptors (Lipinski definition) is 16. The van der Waals surface area contributed by atoms with E-state index in [1.165, 1.54) is 38.5 Å². The lowest BCUT2D eigenvalue weighted by atomic mass is 9.85. The van der Waals surface area contributed by atoms with Gasteiger partial charge >= 0.3 is 35.4 Å². The van der Waals surface area contributed by atoms with Crippen molar-refractivity contribution in [3.8, 4) is 0 Å². The Kier molecular flexibility index (Phi) is 32.6. The minimum atomic E-state index is -5.63. The summed E-state index contributed by atoms with van der Waals surface area (Å²) in [4.78, 5) is 87.7. The predicted octanol–water partition coefficient (Wildman–Crippen LogP) is 5.58. The molecule has 0 aliphatic heterocycles. The summed E-state index contributed by atoms with van der Waals surface area (Å²) in [5.74, 6) is -1.61. The van der Waals surface area contributed by atoms with Crippen molar-refractivity contribution in [3.05, 3.63) is 22.6 Å². The molecule has 1 amide bonds. The van der Waals surface area contributed by atoms with Crippen molar-refractivity contribution >= 4 is 41.3 Å². The van der Waals surface area contributed by atoms with Gasteiger partial charge in [-0.2, -0.15) is 0 Å². The van der Waals surface area contributed by atoms with Gasteiger partial charge in [-0.1, -0.05) is 88.4 Å². The molecule has 384 valence electrons. The molecule has 0 spiro atoms. The second-order valence-corrected chi connectivity index (χ2v) is 19.8. The molecule has 1 fully saturated rings. The summed E-state index contributed by atoms with van der Waals surface area (Å²) in [6.07, 6.45) is 5.14. The molecule has 27 heteroatoms. The standard InChI is InChI=1S/C39H73N4O20P3/c1-2-3-4-5-6-7-8-9-10-11-12-13-14-15-19-24-32(45)58-28-30(60-33(46)25-20-17-21-26-41-31(44)23-18-16-22-27-42-43-40)29-59-66(56,57)63-37-34(47)35(48)38(61-64(50,51)52)39(36(37)49)62-65(53,54)55/h9-10,30,34-39,47-49H,2-8,11-29H2,1H3,(H,41,44)(H,56,57)(H2,50,51,52)(H2,53,54,55)/b10-9-/t30-,34-,35+,36+,37-,38-,39-/m1/s1. The van der Waals surface area contributed by atoms with E-state index >= 15 is 0 Å². The van der Waals surface area contributed by atoms with E-state index in [2.05, 4.69) is 43.5 Å². The van der Waals surface area contributed by atoms with Crippen LogP contribution >= 0.6 is 23.5 Å². The highest BCUT2D eigenvalue weighted by Crippen LogP contribution is 2.51. The normalized spacial score (nSPS) is 21.5. The van der Waals surface area contributed by atoms with Crippen LogP contribution < -0.4 is 5.32 Å². The molecule has 0 aromatic carbocycles. The van der Waals surface area contributed by atoms with Gasteiger partial charge in [0.15, 0.2) is 6.10 Å². The van der Waals surface area contributed by atoms with Crippen LogP contribution in [0.4, 0.5) is 0 Å². The number of nitrogens with one attached hydrogen (secondary N) is 1. The zero-order chi connectivity index (χ0) is 49.4. The molecule has 0 saturated heterocycles. The Morgan fingerprint density at radius 2 is 1.14 bits per heavy atom. The first-order valence-corrected chi connectivity index (χ1v) is 27.2. The monoisotopic (exact) mass is 1010 g/mol. The zero-order valence-corrected chi connectivity index (χ0v) is 40.4. The van der Waals surface area contributed by atoms with Gasteiger partial charge in [-0.05, 0) is 63.3 Å². The highest BCUT2D eigenvalue weighted by Gasteiger charge is 2.56. The lowest BCUT2D eigenvalue weighted by molar-refractivity contribution is -0.213. The van der Waals surface area contributed by atoms with Gasteiger partial charge in [0.05, 0.1) is 6.61 Å². The highest BCUT2D eigenvalue weighted by molar-refractivity contribution is 7.47. The van der Waals surface area contributed by atoms with Gasteiger partial charge in [0.25, 0.3) is 0 Å². The molecule has 0 aromatic rings. The van der Waals surface area contributed by atoms with Crippen LogP contribution in [0.2, 0.25) is 0 Å². The fourth-order valence-corrected chi connectivity index (χ4v) is 8.85. The number of carbonyl (C=O) groups is 3. The number of aliphatic hydroxyl groups is 3. The van der Waals surface area contributed by atoms with E-state index in [-0.39, 0.29) is 18.7 Å².